The van der Waals surface area contributed by atoms with Crippen molar-refractivity contribution < 1.29 is 4.79 Å². The van der Waals surface area contributed by atoms with Crippen molar-refractivity contribution in [3.63, 3.8) is 0 Å². The van der Waals surface area contributed by atoms with Gasteiger partial charge in [-0.25, -0.2) is 9.97 Å². The van der Waals surface area contributed by atoms with E-state index in [1.54, 1.807) is 12.4 Å². The van der Waals surface area contributed by atoms with Crippen molar-refractivity contribution in [2.75, 3.05) is 13.1 Å². The van der Waals surface area contributed by atoms with Gasteiger partial charge < -0.3 is 9.88 Å². The number of aromatic nitrogens is 3. The molecule has 1 saturated heterocycles. The fourth-order valence-electron chi connectivity index (χ4n) is 2.30. The molecule has 3 rings (SSSR count). The molecular formula is C12H14N4O. The minimum Gasteiger partial charge on any atom is -0.345 e. The summed E-state index contributed by atoms with van der Waals surface area (Å²) in [6.45, 7) is 1.72. The molecule has 0 radical (unpaired) electrons. The van der Waals surface area contributed by atoms with Gasteiger partial charge in [-0.2, -0.15) is 0 Å². The molecule has 0 atom stereocenters. The molecule has 2 aromatic heterocycles. The number of nitrogens with zero attached hydrogens (tertiary/aromatic N) is 3. The summed E-state index contributed by atoms with van der Waals surface area (Å²) in [4.78, 5) is 25.3. The quantitative estimate of drug-likeness (QED) is 0.809. The number of hydrogen-bond acceptors (Lipinski definition) is 3. The Morgan fingerprint density at radius 3 is 2.94 bits per heavy atom. The number of piperidine rings is 1. The first-order valence-corrected chi connectivity index (χ1v) is 5.92. The fraction of sp³-hybridized carbons (Fsp3) is 0.417. The lowest BCUT2D eigenvalue weighted by Crippen LogP contribution is -2.35. The van der Waals surface area contributed by atoms with Crippen LogP contribution >= 0.6 is 0 Å². The molecule has 0 unspecified atom stereocenters. The maximum absolute atomic E-state index is 12.3. The van der Waals surface area contributed by atoms with Gasteiger partial charge in [0.2, 0.25) is 0 Å². The number of carbonyl (C=O) groups excluding carboxylic acids is 1. The molecule has 1 amide bonds. The van der Waals surface area contributed by atoms with Crippen molar-refractivity contribution >= 4 is 16.9 Å². The number of rotatable bonds is 1. The van der Waals surface area contributed by atoms with E-state index >= 15 is 0 Å². The largest absolute Gasteiger partial charge is 0.345 e. The van der Waals surface area contributed by atoms with Crippen LogP contribution in [0.1, 0.15) is 29.6 Å². The molecule has 1 fully saturated rings. The summed E-state index contributed by atoms with van der Waals surface area (Å²) in [5.74, 6) is 0.0887. The van der Waals surface area contributed by atoms with Gasteiger partial charge in [-0.3, -0.25) is 4.79 Å². The Balaban J connectivity index is 1.95. The van der Waals surface area contributed by atoms with Crippen LogP contribution in [0, 0.1) is 0 Å². The van der Waals surface area contributed by atoms with E-state index in [9.17, 15) is 4.79 Å². The molecule has 0 aromatic carbocycles. The summed E-state index contributed by atoms with van der Waals surface area (Å²) in [5, 5.41) is 0.808. The molecule has 88 valence electrons. The third-order valence-corrected chi connectivity index (χ3v) is 3.23. The Kier molecular flexibility index (Phi) is 2.51. The molecule has 0 aliphatic carbocycles. The van der Waals surface area contributed by atoms with Crippen molar-refractivity contribution in [2.45, 2.75) is 19.3 Å². The average Bonchev–Trinajstić information content (AvgIpc) is 2.83. The molecule has 0 bridgehead atoms. The Bertz CT molecular complexity index is 542. The van der Waals surface area contributed by atoms with Crippen LogP contribution in [0.4, 0.5) is 0 Å². The zero-order valence-electron chi connectivity index (χ0n) is 9.52. The Morgan fingerprint density at radius 2 is 2.12 bits per heavy atom. The van der Waals surface area contributed by atoms with Gasteiger partial charge in [-0.1, -0.05) is 0 Å². The minimum absolute atomic E-state index is 0.0887. The molecule has 1 aliphatic rings. The number of aromatic amines is 1. The molecule has 5 heteroatoms. The van der Waals surface area contributed by atoms with E-state index < -0.39 is 0 Å². The van der Waals surface area contributed by atoms with Gasteiger partial charge in [-0.05, 0) is 19.3 Å². The van der Waals surface area contributed by atoms with Crippen LogP contribution in [0.5, 0.6) is 0 Å². The SMILES string of the molecule is O=C(c1c[nH]c2ncncc12)N1CCCCC1. The zero-order chi connectivity index (χ0) is 11.7. The van der Waals surface area contributed by atoms with Gasteiger partial charge in [0.15, 0.2) is 0 Å². The van der Waals surface area contributed by atoms with Crippen LogP contribution in [0.2, 0.25) is 0 Å². The number of hydrogen-bond donors (Lipinski definition) is 1. The smallest absolute Gasteiger partial charge is 0.256 e. The highest BCUT2D eigenvalue weighted by atomic mass is 16.2. The third kappa shape index (κ3) is 1.77. The van der Waals surface area contributed by atoms with E-state index in [4.69, 9.17) is 0 Å². The predicted octanol–water partition coefficient (Wildman–Crippen LogP) is 1.58. The molecule has 2 aromatic rings. The van der Waals surface area contributed by atoms with Crippen molar-refractivity contribution in [1.82, 2.24) is 19.9 Å². The Hall–Kier alpha value is -1.91. The standard InChI is InChI=1S/C12H14N4O/c17-12(16-4-2-1-3-5-16)10-7-14-11-9(10)6-13-8-15-11/h6-8H,1-5H2,(H,13,14,15). The predicted molar refractivity (Wildman–Crippen MR) is 63.6 cm³/mol. The Labute approximate surface area is 98.9 Å². The molecular weight excluding hydrogens is 216 g/mol. The lowest BCUT2D eigenvalue weighted by atomic mass is 10.1. The molecule has 1 aliphatic heterocycles. The van der Waals surface area contributed by atoms with Gasteiger partial charge >= 0.3 is 0 Å². The average molecular weight is 230 g/mol. The summed E-state index contributed by atoms with van der Waals surface area (Å²) in [6.07, 6.45) is 8.33. The number of amides is 1. The lowest BCUT2D eigenvalue weighted by molar-refractivity contribution is 0.0726. The second-order valence-electron chi connectivity index (χ2n) is 4.34. The number of likely N-dealkylation sites (tertiary alicyclic amines) is 1. The highest BCUT2D eigenvalue weighted by Crippen LogP contribution is 2.19. The second kappa shape index (κ2) is 4.16. The van der Waals surface area contributed by atoms with Crippen molar-refractivity contribution in [3.8, 4) is 0 Å². The maximum Gasteiger partial charge on any atom is 0.256 e. The summed E-state index contributed by atoms with van der Waals surface area (Å²) in [7, 11) is 0. The van der Waals surface area contributed by atoms with Gasteiger partial charge in [0.05, 0.1) is 5.56 Å². The van der Waals surface area contributed by atoms with Crippen molar-refractivity contribution in [2.24, 2.45) is 0 Å². The lowest BCUT2D eigenvalue weighted by Gasteiger charge is -2.26. The Morgan fingerprint density at radius 1 is 1.29 bits per heavy atom. The highest BCUT2D eigenvalue weighted by Gasteiger charge is 2.21. The summed E-state index contributed by atoms with van der Waals surface area (Å²) >= 11 is 0. The zero-order valence-corrected chi connectivity index (χ0v) is 9.52. The molecule has 0 saturated carbocycles. The number of H-pyrrole nitrogens is 1. The summed E-state index contributed by atoms with van der Waals surface area (Å²) in [5.41, 5.74) is 1.41. The maximum atomic E-state index is 12.3. The third-order valence-electron chi connectivity index (χ3n) is 3.23. The van der Waals surface area contributed by atoms with Crippen LogP contribution in [-0.2, 0) is 0 Å². The van der Waals surface area contributed by atoms with E-state index in [0.717, 1.165) is 37.0 Å². The van der Waals surface area contributed by atoms with Crippen molar-refractivity contribution in [3.05, 3.63) is 24.3 Å². The first kappa shape index (κ1) is 10.3. The van der Waals surface area contributed by atoms with Crippen LogP contribution in [-0.4, -0.2) is 38.8 Å². The van der Waals surface area contributed by atoms with Gasteiger partial charge in [-0.15, -0.1) is 0 Å². The van der Waals surface area contributed by atoms with E-state index in [1.165, 1.54) is 12.7 Å². The molecule has 17 heavy (non-hydrogen) atoms. The molecule has 1 N–H and O–H groups in total. The molecule has 0 spiro atoms. The van der Waals surface area contributed by atoms with Gasteiger partial charge in [0, 0.05) is 30.9 Å². The molecule has 5 nitrogen and oxygen atoms in total. The monoisotopic (exact) mass is 230 g/mol. The number of fused-ring (bicyclic) bond motifs is 1. The first-order chi connectivity index (χ1) is 8.36. The van der Waals surface area contributed by atoms with Gasteiger partial charge in [0.25, 0.3) is 5.91 Å². The molecule has 3 heterocycles. The summed E-state index contributed by atoms with van der Waals surface area (Å²) in [6, 6.07) is 0. The highest BCUT2D eigenvalue weighted by molar-refractivity contribution is 6.05. The fourth-order valence-corrected chi connectivity index (χ4v) is 2.30. The van der Waals surface area contributed by atoms with E-state index in [1.807, 2.05) is 4.90 Å². The second-order valence-corrected chi connectivity index (χ2v) is 4.34. The van der Waals surface area contributed by atoms with E-state index in [-0.39, 0.29) is 5.91 Å². The van der Waals surface area contributed by atoms with Crippen LogP contribution in [0.15, 0.2) is 18.7 Å². The first-order valence-electron chi connectivity index (χ1n) is 5.92. The number of carbonyl (C=O) groups is 1. The normalized spacial score (nSPS) is 16.4. The topological polar surface area (TPSA) is 61.9 Å². The van der Waals surface area contributed by atoms with Crippen LogP contribution < -0.4 is 0 Å². The minimum atomic E-state index is 0.0887. The van der Waals surface area contributed by atoms with Crippen LogP contribution in [0.25, 0.3) is 11.0 Å². The van der Waals surface area contributed by atoms with E-state index in [0.29, 0.717) is 5.56 Å². The van der Waals surface area contributed by atoms with Crippen molar-refractivity contribution in [1.29, 1.82) is 0 Å². The summed E-state index contributed by atoms with van der Waals surface area (Å²) < 4.78 is 0. The van der Waals surface area contributed by atoms with Gasteiger partial charge in [0.1, 0.15) is 12.0 Å². The number of nitrogens with one attached hydrogen (secondary N) is 1. The van der Waals surface area contributed by atoms with Crippen LogP contribution in [0.3, 0.4) is 0 Å². The van der Waals surface area contributed by atoms with E-state index in [2.05, 4.69) is 15.0 Å².